The second-order valence-corrected chi connectivity index (χ2v) is 13.2. The summed E-state index contributed by atoms with van der Waals surface area (Å²) in [6, 6.07) is 13.0. The van der Waals surface area contributed by atoms with Gasteiger partial charge >= 0.3 is 6.09 Å². The summed E-state index contributed by atoms with van der Waals surface area (Å²) in [6.45, 7) is 7.08. The summed E-state index contributed by atoms with van der Waals surface area (Å²) < 4.78 is 5.39. The van der Waals surface area contributed by atoms with Crippen LogP contribution < -0.4 is 21.7 Å². The predicted octanol–water partition coefficient (Wildman–Crippen LogP) is 2.85. The number of alkyl carbamates (subject to hydrolysis) is 1. The highest BCUT2D eigenvalue weighted by molar-refractivity contribution is 5.94. The normalized spacial score (nSPS) is 13.0. The molecule has 0 aliphatic rings. The zero-order valence-electron chi connectivity index (χ0n) is 29.7. The maximum atomic E-state index is 14.1. The molecule has 0 spiro atoms. The average molecular weight is 708 g/mol. The predicted molar refractivity (Wildman–Crippen MR) is 192 cm³/mol. The Morgan fingerprint density at radius 3 is 2.20 bits per heavy atom. The second kappa shape index (κ2) is 18.4. The van der Waals surface area contributed by atoms with E-state index < -0.39 is 52.6 Å². The van der Waals surface area contributed by atoms with Crippen LogP contribution in [-0.4, -0.2) is 93.6 Å². The minimum atomic E-state index is -1.30. The van der Waals surface area contributed by atoms with Gasteiger partial charge < -0.3 is 36.3 Å². The number of nitrogens with two attached hydrogens (primary N) is 1. The van der Waals surface area contributed by atoms with E-state index in [1.807, 2.05) is 31.2 Å². The minimum absolute atomic E-state index is 0.0431. The third-order valence-electron chi connectivity index (χ3n) is 7.91. The lowest BCUT2D eigenvalue weighted by Crippen LogP contribution is -2.58. The van der Waals surface area contributed by atoms with E-state index in [-0.39, 0.29) is 38.1 Å². The number of H-pyrrole nitrogens is 1. The Balaban J connectivity index is 1.93. The van der Waals surface area contributed by atoms with Crippen molar-refractivity contribution in [2.24, 2.45) is 5.73 Å². The third-order valence-corrected chi connectivity index (χ3v) is 7.91. The van der Waals surface area contributed by atoms with Crippen LogP contribution in [0.5, 0.6) is 0 Å². The fourth-order valence-electron chi connectivity index (χ4n) is 5.49. The van der Waals surface area contributed by atoms with Crippen molar-refractivity contribution >= 4 is 40.7 Å². The van der Waals surface area contributed by atoms with Crippen molar-refractivity contribution < 1.29 is 28.9 Å². The van der Waals surface area contributed by atoms with Gasteiger partial charge in [0.2, 0.25) is 17.7 Å². The number of guanidine groups is 1. The molecule has 3 aromatic rings. The third kappa shape index (κ3) is 12.3. The molecule has 51 heavy (non-hydrogen) atoms. The van der Waals surface area contributed by atoms with Gasteiger partial charge in [-0.2, -0.15) is 0 Å². The smallest absolute Gasteiger partial charge is 0.408 e. The minimum Gasteiger partial charge on any atom is -0.444 e. The van der Waals surface area contributed by atoms with Crippen LogP contribution in [0.25, 0.3) is 10.9 Å². The number of carbonyl (C=O) groups is 4. The number of amides is 4. The summed E-state index contributed by atoms with van der Waals surface area (Å²) in [5, 5.41) is 27.6. The van der Waals surface area contributed by atoms with Gasteiger partial charge in [0.25, 0.3) is 5.96 Å². The van der Waals surface area contributed by atoms with Crippen molar-refractivity contribution in [1.82, 2.24) is 30.8 Å². The fraction of sp³-hybridized carbons (Fsp3) is 0.457. The number of likely N-dealkylation sites (N-methyl/N-ethyl adjacent to an activating group) is 1. The number of para-hydroxylation sites is 1. The van der Waals surface area contributed by atoms with E-state index in [4.69, 9.17) is 15.9 Å². The number of fused-ring (bicyclic) bond motifs is 1. The topological polar surface area (TPSA) is 229 Å². The molecule has 16 heteroatoms. The molecule has 0 saturated carbocycles. The van der Waals surface area contributed by atoms with Crippen molar-refractivity contribution in [2.75, 3.05) is 20.1 Å². The van der Waals surface area contributed by atoms with Gasteiger partial charge in [-0.25, -0.2) is 14.9 Å². The molecule has 276 valence electrons. The summed E-state index contributed by atoms with van der Waals surface area (Å²) >= 11 is 0. The number of carbonyl (C=O) groups excluding carboxylic acids is 4. The first-order valence-electron chi connectivity index (χ1n) is 16.8. The summed E-state index contributed by atoms with van der Waals surface area (Å²) in [6.07, 6.45) is 1.65. The molecular formula is C35H49N9O7. The number of aromatic nitrogens is 1. The molecule has 7 N–H and O–H groups in total. The lowest BCUT2D eigenvalue weighted by molar-refractivity contribution is -0.629. The van der Waals surface area contributed by atoms with Crippen molar-refractivity contribution in [3.8, 4) is 0 Å². The van der Waals surface area contributed by atoms with Crippen LogP contribution in [0.2, 0.25) is 0 Å². The van der Waals surface area contributed by atoms with Crippen LogP contribution in [-0.2, 0) is 32.0 Å². The Morgan fingerprint density at radius 1 is 0.941 bits per heavy atom. The Bertz CT molecular complexity index is 1660. The Kier molecular flexibility index (Phi) is 14.3. The van der Waals surface area contributed by atoms with Gasteiger partial charge in [0.15, 0.2) is 5.03 Å². The van der Waals surface area contributed by atoms with E-state index in [1.54, 1.807) is 64.3 Å². The second-order valence-electron chi connectivity index (χ2n) is 13.2. The molecule has 3 unspecified atom stereocenters. The molecular weight excluding hydrogens is 658 g/mol. The molecule has 4 amide bonds. The summed E-state index contributed by atoms with van der Waals surface area (Å²) in [5.74, 6) is -2.56. The summed E-state index contributed by atoms with van der Waals surface area (Å²) in [5.41, 5.74) is 6.90. The van der Waals surface area contributed by atoms with Crippen LogP contribution in [0, 0.1) is 15.5 Å². The molecule has 16 nitrogen and oxygen atoms in total. The average Bonchev–Trinajstić information content (AvgIpc) is 3.47. The monoisotopic (exact) mass is 707 g/mol. The lowest BCUT2D eigenvalue weighted by Gasteiger charge is -2.28. The van der Waals surface area contributed by atoms with Gasteiger partial charge in [-0.05, 0) is 57.2 Å². The number of hydrazine groups is 1. The first-order chi connectivity index (χ1) is 24.1. The van der Waals surface area contributed by atoms with Crippen LogP contribution in [0.1, 0.15) is 58.1 Å². The fourth-order valence-corrected chi connectivity index (χ4v) is 5.49. The molecule has 3 atom stereocenters. The molecule has 0 bridgehead atoms. The molecule has 0 aliphatic carbocycles. The van der Waals surface area contributed by atoms with Gasteiger partial charge in [-0.1, -0.05) is 60.5 Å². The van der Waals surface area contributed by atoms with Crippen LogP contribution >= 0.6 is 0 Å². The van der Waals surface area contributed by atoms with Crippen molar-refractivity contribution in [2.45, 2.75) is 83.5 Å². The number of hydrogen-bond acceptors (Lipinski definition) is 8. The number of rotatable bonds is 17. The highest BCUT2D eigenvalue weighted by Gasteiger charge is 2.32. The van der Waals surface area contributed by atoms with E-state index >= 15 is 0 Å². The zero-order valence-corrected chi connectivity index (χ0v) is 29.7. The molecule has 0 aliphatic heterocycles. The van der Waals surface area contributed by atoms with Gasteiger partial charge in [-0.3, -0.25) is 19.8 Å². The SMILES string of the molecule is CCCN(C)C(=O)C(Cc1c[nH]c2ccccc12)NC(=O)C(CCCN(C(=N)N)[N+](=O)[O-])NC(=O)C(Cc1ccccc1)NC(=O)OC(C)(C)C. The first kappa shape index (κ1) is 39.8. The first-order valence-corrected chi connectivity index (χ1v) is 16.8. The van der Waals surface area contributed by atoms with E-state index in [0.717, 1.165) is 22.0 Å². The van der Waals surface area contributed by atoms with Crippen molar-refractivity contribution in [3.63, 3.8) is 0 Å². The molecule has 1 heterocycles. The van der Waals surface area contributed by atoms with Gasteiger partial charge in [0.1, 0.15) is 23.7 Å². The molecule has 0 fully saturated rings. The molecule has 0 radical (unpaired) electrons. The Labute approximate surface area is 297 Å². The summed E-state index contributed by atoms with van der Waals surface area (Å²) in [4.78, 5) is 70.6. The zero-order chi connectivity index (χ0) is 37.7. The largest absolute Gasteiger partial charge is 0.444 e. The number of benzene rings is 2. The highest BCUT2D eigenvalue weighted by Crippen LogP contribution is 2.20. The molecule has 2 aromatic carbocycles. The van der Waals surface area contributed by atoms with Gasteiger partial charge in [0.05, 0.1) is 6.54 Å². The van der Waals surface area contributed by atoms with E-state index in [0.29, 0.717) is 18.0 Å². The van der Waals surface area contributed by atoms with Gasteiger partial charge in [-0.15, -0.1) is 0 Å². The maximum Gasteiger partial charge on any atom is 0.408 e. The maximum absolute atomic E-state index is 14.1. The number of ether oxygens (including phenoxy) is 1. The van der Waals surface area contributed by atoms with Crippen LogP contribution in [0.4, 0.5) is 4.79 Å². The van der Waals surface area contributed by atoms with E-state index in [9.17, 15) is 29.3 Å². The lowest BCUT2D eigenvalue weighted by atomic mass is 10.0. The number of hydrogen-bond donors (Lipinski definition) is 6. The number of nitrogens with zero attached hydrogens (tertiary/aromatic N) is 3. The number of nitro groups is 1. The van der Waals surface area contributed by atoms with E-state index in [2.05, 4.69) is 20.9 Å². The molecule has 0 saturated heterocycles. The van der Waals surface area contributed by atoms with Crippen molar-refractivity contribution in [1.29, 1.82) is 5.41 Å². The molecule has 1 aromatic heterocycles. The van der Waals surface area contributed by atoms with Crippen LogP contribution in [0.15, 0.2) is 60.8 Å². The summed E-state index contributed by atoms with van der Waals surface area (Å²) in [7, 11) is 1.64. The number of aromatic amines is 1. The Hall–Kier alpha value is -5.67. The van der Waals surface area contributed by atoms with E-state index in [1.165, 1.54) is 4.90 Å². The standard InChI is InChI=1S/C35H49N9O7/c1-6-18-42(5)32(47)29(21-24-22-38-26-16-11-10-15-25(24)26)40-30(45)27(17-12-19-43(33(36)37)44(49)50)39-31(46)28(20-23-13-8-7-9-14-23)41-34(48)51-35(2,3)4/h7-11,13-16,22,27-29,38H,6,12,17-21H2,1-5H3,(H3,36,37)(H,39,46)(H,40,45)(H,41,48). The van der Waals surface area contributed by atoms with Gasteiger partial charge in [0, 0.05) is 43.5 Å². The quantitative estimate of drug-likeness (QED) is 0.0524. The Morgan fingerprint density at radius 2 is 1.57 bits per heavy atom. The number of nitrogens with one attached hydrogen (secondary N) is 5. The highest BCUT2D eigenvalue weighted by atomic mass is 16.7. The van der Waals surface area contributed by atoms with Crippen LogP contribution in [0.3, 0.4) is 0 Å². The molecule has 3 rings (SSSR count). The van der Waals surface area contributed by atoms with Crippen molar-refractivity contribution in [3.05, 3.63) is 82.0 Å².